The van der Waals surface area contributed by atoms with Crippen molar-refractivity contribution in [1.29, 1.82) is 0 Å². The van der Waals surface area contributed by atoms with E-state index in [1.807, 2.05) is 0 Å². The first-order chi connectivity index (χ1) is 0. The molecule has 32 valence electrons. The van der Waals surface area contributed by atoms with Crippen molar-refractivity contribution in [2.45, 2.75) is 0 Å². The molecule has 0 N–H and O–H groups in total. The van der Waals surface area contributed by atoms with E-state index in [1.54, 1.807) is 0 Å². The Kier molecular flexibility index (Phi) is 170. The van der Waals surface area contributed by atoms with E-state index in [4.69, 9.17) is 0 Å². The van der Waals surface area contributed by atoms with E-state index in [1.165, 1.54) is 0 Å². The van der Waals surface area contributed by atoms with Crippen LogP contribution in [0.1, 0.15) is 0 Å². The molecule has 0 heterocycles. The molecule has 0 aliphatic rings. The second kappa shape index (κ2) is 24.1. The third-order valence-electron chi connectivity index (χ3n) is 0. The summed E-state index contributed by atoms with van der Waals surface area (Å²) in [5, 5.41) is 0. The van der Waals surface area contributed by atoms with Crippen molar-refractivity contribution < 1.29 is 95.9 Å². The number of rotatable bonds is 0. The normalized spacial score (nSPS) is 0. The minimum atomic E-state index is 0. The fourth-order valence-corrected chi connectivity index (χ4v) is 0. The second-order valence-electron chi connectivity index (χ2n) is 0. The van der Waals surface area contributed by atoms with Gasteiger partial charge in [0.15, 0.2) is 0 Å². The maximum atomic E-state index is 0. The summed E-state index contributed by atoms with van der Waals surface area (Å²) in [6.45, 7) is 0. The molecule has 5 heteroatoms. The number of halogens is 4. The van der Waals surface area contributed by atoms with Crippen molar-refractivity contribution in [3.63, 3.8) is 0 Å². The van der Waals surface area contributed by atoms with Crippen LogP contribution in [-0.4, -0.2) is 37.7 Å². The largest absolute Gasteiger partial charge is 2.00 e. The first-order valence-electron chi connectivity index (χ1n) is 0. The molecule has 0 amide bonds. The molecule has 0 fully saturated rings. The van der Waals surface area contributed by atoms with E-state index in [0.29, 0.717) is 0 Å². The standard InChI is InChI=1S/Ca.4HI/h;4*1H/q+2;;;;/p-4. The third-order valence-corrected chi connectivity index (χ3v) is 0. The Morgan fingerprint density at radius 1 is 0.400 bits per heavy atom. The maximum absolute atomic E-state index is 0. The molecule has 0 aromatic rings. The molecular formula is CaI4-2. The molecule has 0 unspecified atom stereocenters. The Morgan fingerprint density at radius 2 is 0.400 bits per heavy atom. The van der Waals surface area contributed by atoms with Crippen LogP contribution in [0.25, 0.3) is 0 Å². The van der Waals surface area contributed by atoms with Crippen molar-refractivity contribution in [3.05, 3.63) is 0 Å². The van der Waals surface area contributed by atoms with Gasteiger partial charge < -0.3 is 95.9 Å². The fourth-order valence-electron chi connectivity index (χ4n) is 0. The molecule has 0 aliphatic carbocycles. The van der Waals surface area contributed by atoms with Gasteiger partial charge in [-0.1, -0.05) is 0 Å². The summed E-state index contributed by atoms with van der Waals surface area (Å²) in [5.41, 5.74) is 0. The minimum absolute atomic E-state index is 0. The number of hydrogen-bond donors (Lipinski definition) is 0. The summed E-state index contributed by atoms with van der Waals surface area (Å²) in [6.07, 6.45) is 0. The third kappa shape index (κ3) is 17.9. The van der Waals surface area contributed by atoms with Crippen molar-refractivity contribution in [3.8, 4) is 0 Å². The Bertz CT molecular complexity index is 3.61. The molecule has 0 atom stereocenters. The predicted octanol–water partition coefficient (Wildman–Crippen LogP) is -12.4. The average Bonchev–Trinajstić information content (AvgIpc) is 0. The Balaban J connectivity index is 0. The van der Waals surface area contributed by atoms with Gasteiger partial charge in [-0.2, -0.15) is 0 Å². The first-order valence-corrected chi connectivity index (χ1v) is 0. The topological polar surface area (TPSA) is 0 Å². The quantitative estimate of drug-likeness (QED) is 0.209. The van der Waals surface area contributed by atoms with Gasteiger partial charge in [-0.15, -0.1) is 0 Å². The van der Waals surface area contributed by atoms with Gasteiger partial charge in [0.25, 0.3) is 0 Å². The van der Waals surface area contributed by atoms with Crippen molar-refractivity contribution in [2.75, 3.05) is 0 Å². The zero-order valence-corrected chi connectivity index (χ0v) is 13.1. The molecule has 0 spiro atoms. The summed E-state index contributed by atoms with van der Waals surface area (Å²) >= 11 is 0. The summed E-state index contributed by atoms with van der Waals surface area (Å²) in [6, 6.07) is 0. The molecule has 0 aromatic heterocycles. The van der Waals surface area contributed by atoms with Crippen LogP contribution in [-0.2, 0) is 0 Å². The summed E-state index contributed by atoms with van der Waals surface area (Å²) in [5.74, 6) is 0. The minimum Gasteiger partial charge on any atom is -1.00 e. The van der Waals surface area contributed by atoms with Gasteiger partial charge in [-0.05, 0) is 0 Å². The van der Waals surface area contributed by atoms with E-state index < -0.39 is 0 Å². The molecule has 0 saturated carbocycles. The van der Waals surface area contributed by atoms with Crippen LogP contribution in [0.5, 0.6) is 0 Å². The molecule has 0 bridgehead atoms. The molecular weight excluding hydrogens is 548 g/mol. The smallest absolute Gasteiger partial charge is 1.00 e. The average molecular weight is 548 g/mol. The van der Waals surface area contributed by atoms with Crippen LogP contribution < -0.4 is 95.9 Å². The Morgan fingerprint density at radius 3 is 0.400 bits per heavy atom. The second-order valence-corrected chi connectivity index (χ2v) is 0. The van der Waals surface area contributed by atoms with E-state index >= 15 is 0 Å². The summed E-state index contributed by atoms with van der Waals surface area (Å²) in [4.78, 5) is 0. The molecule has 0 rings (SSSR count). The Labute approximate surface area is 130 Å². The zero-order valence-electron chi connectivity index (χ0n) is 2.22. The van der Waals surface area contributed by atoms with Gasteiger partial charge >= 0.3 is 37.7 Å². The first kappa shape index (κ1) is 35.2. The van der Waals surface area contributed by atoms with Gasteiger partial charge in [-0.25, -0.2) is 0 Å². The number of hydrogen-bond acceptors (Lipinski definition) is 0. The molecule has 0 nitrogen and oxygen atoms in total. The van der Waals surface area contributed by atoms with E-state index in [2.05, 4.69) is 0 Å². The van der Waals surface area contributed by atoms with E-state index in [0.717, 1.165) is 0 Å². The van der Waals surface area contributed by atoms with Crippen LogP contribution in [0.2, 0.25) is 0 Å². The monoisotopic (exact) mass is 548 g/mol. The van der Waals surface area contributed by atoms with Crippen LogP contribution in [0.15, 0.2) is 0 Å². The van der Waals surface area contributed by atoms with Crippen LogP contribution >= 0.6 is 0 Å². The van der Waals surface area contributed by atoms with Crippen LogP contribution in [0, 0.1) is 0 Å². The van der Waals surface area contributed by atoms with Crippen LogP contribution in [0.4, 0.5) is 0 Å². The van der Waals surface area contributed by atoms with Crippen molar-refractivity contribution in [1.82, 2.24) is 0 Å². The van der Waals surface area contributed by atoms with Crippen LogP contribution in [0.3, 0.4) is 0 Å². The van der Waals surface area contributed by atoms with Gasteiger partial charge in [0.05, 0.1) is 0 Å². The zero-order chi connectivity index (χ0) is 0. The Hall–Kier alpha value is 4.18. The van der Waals surface area contributed by atoms with Gasteiger partial charge in [0.2, 0.25) is 0 Å². The molecule has 0 saturated heterocycles. The van der Waals surface area contributed by atoms with E-state index in [-0.39, 0.29) is 134 Å². The van der Waals surface area contributed by atoms with Gasteiger partial charge in [0.1, 0.15) is 0 Å². The maximum Gasteiger partial charge on any atom is 2.00 e. The molecule has 0 aromatic carbocycles. The summed E-state index contributed by atoms with van der Waals surface area (Å²) < 4.78 is 0. The predicted molar refractivity (Wildman–Crippen MR) is 5.75 cm³/mol. The molecule has 0 radical (unpaired) electrons. The van der Waals surface area contributed by atoms with Crippen molar-refractivity contribution >= 4 is 37.7 Å². The van der Waals surface area contributed by atoms with E-state index in [9.17, 15) is 0 Å². The van der Waals surface area contributed by atoms with Gasteiger partial charge in [0, 0.05) is 0 Å². The van der Waals surface area contributed by atoms with Gasteiger partial charge in [-0.3, -0.25) is 0 Å². The SMILES string of the molecule is [Ca+2].[I-].[I-].[I-].[I-]. The van der Waals surface area contributed by atoms with Crippen molar-refractivity contribution in [2.24, 2.45) is 0 Å². The molecule has 5 heavy (non-hydrogen) atoms. The molecule has 0 aliphatic heterocycles. The fraction of sp³-hybridized carbons (Fsp3) is 0. The summed E-state index contributed by atoms with van der Waals surface area (Å²) in [7, 11) is 0.